The molecule has 0 heterocycles. The molecule has 0 aromatic rings. The zero-order valence-corrected chi connectivity index (χ0v) is 7.80. The molecule has 56 valence electrons. The van der Waals surface area contributed by atoms with Gasteiger partial charge in [0.1, 0.15) is 0 Å². The first-order valence-electron chi connectivity index (χ1n) is 2.68. The van der Waals surface area contributed by atoms with Gasteiger partial charge in [0.25, 0.3) is 0 Å². The highest BCUT2D eigenvalue weighted by Crippen LogP contribution is 2.21. The van der Waals surface area contributed by atoms with E-state index in [1.165, 1.54) is 0 Å². The number of aliphatic hydroxyl groups excluding tert-OH is 1. The number of thiol groups is 3. The van der Waals surface area contributed by atoms with Gasteiger partial charge in [-0.1, -0.05) is 0 Å². The van der Waals surface area contributed by atoms with Gasteiger partial charge in [0.05, 0.1) is 6.61 Å². The zero-order valence-electron chi connectivity index (χ0n) is 5.12. The van der Waals surface area contributed by atoms with E-state index in [0.717, 1.165) is 0 Å². The van der Waals surface area contributed by atoms with E-state index in [1.807, 2.05) is 0 Å². The highest BCUT2D eigenvalue weighted by molar-refractivity contribution is 7.82. The van der Waals surface area contributed by atoms with Gasteiger partial charge in [0, 0.05) is 5.41 Å². The largest absolute Gasteiger partial charge is 0.396 e. The molecule has 9 heavy (non-hydrogen) atoms. The van der Waals surface area contributed by atoms with Crippen molar-refractivity contribution in [1.82, 2.24) is 0 Å². The van der Waals surface area contributed by atoms with Gasteiger partial charge in [0.2, 0.25) is 0 Å². The molecule has 0 aliphatic heterocycles. The summed E-state index contributed by atoms with van der Waals surface area (Å²) < 4.78 is 0. The number of hydrogen-bond acceptors (Lipinski definition) is 4. The van der Waals surface area contributed by atoms with Gasteiger partial charge >= 0.3 is 0 Å². The van der Waals surface area contributed by atoms with Gasteiger partial charge < -0.3 is 5.11 Å². The van der Waals surface area contributed by atoms with Crippen LogP contribution in [-0.2, 0) is 0 Å². The van der Waals surface area contributed by atoms with Gasteiger partial charge in [-0.05, 0) is 17.3 Å². The minimum absolute atomic E-state index is 0.115. The summed E-state index contributed by atoms with van der Waals surface area (Å²) in [4.78, 5) is 0. The molecule has 1 N–H and O–H groups in total. The molecule has 4 heteroatoms. The minimum Gasteiger partial charge on any atom is -0.396 e. The lowest BCUT2D eigenvalue weighted by molar-refractivity contribution is 0.189. The van der Waals surface area contributed by atoms with Crippen molar-refractivity contribution in [2.24, 2.45) is 5.41 Å². The van der Waals surface area contributed by atoms with Crippen molar-refractivity contribution in [1.29, 1.82) is 0 Å². The third kappa shape index (κ3) is 2.62. The first kappa shape index (κ1) is 10.0. The summed E-state index contributed by atoms with van der Waals surface area (Å²) >= 11 is 12.3. The van der Waals surface area contributed by atoms with E-state index < -0.39 is 0 Å². The average Bonchev–Trinajstić information content (AvgIpc) is 1.95. The summed E-state index contributed by atoms with van der Waals surface area (Å²) in [5, 5.41) is 8.83. The van der Waals surface area contributed by atoms with E-state index in [-0.39, 0.29) is 12.0 Å². The van der Waals surface area contributed by atoms with Crippen molar-refractivity contribution in [3.8, 4) is 0 Å². The van der Waals surface area contributed by atoms with Gasteiger partial charge in [-0.25, -0.2) is 0 Å². The SMILES string of the molecule is OCC(CS)(CS)CS. The standard InChI is InChI=1S/C5H12OS3/c6-1-5(2-7,3-8)4-9/h6-9H,1-4H2. The number of hydrogen-bond donors (Lipinski definition) is 4. The van der Waals surface area contributed by atoms with Crippen molar-refractivity contribution >= 4 is 37.9 Å². The van der Waals surface area contributed by atoms with Crippen LogP contribution in [0.5, 0.6) is 0 Å². The first-order valence-corrected chi connectivity index (χ1v) is 4.58. The molecule has 0 aromatic heterocycles. The monoisotopic (exact) mass is 184 g/mol. The fourth-order valence-electron chi connectivity index (χ4n) is 0.300. The summed E-state index contributed by atoms with van der Waals surface area (Å²) in [6.07, 6.45) is 0. The van der Waals surface area contributed by atoms with Crippen LogP contribution < -0.4 is 0 Å². The molecule has 0 fully saturated rings. The fraction of sp³-hybridized carbons (Fsp3) is 1.00. The van der Waals surface area contributed by atoms with E-state index in [1.54, 1.807) is 0 Å². The third-order valence-corrected chi connectivity index (χ3v) is 3.35. The average molecular weight is 184 g/mol. The smallest absolute Gasteiger partial charge is 0.0510 e. The maximum atomic E-state index is 8.83. The Kier molecular flexibility index (Phi) is 5.30. The highest BCUT2D eigenvalue weighted by atomic mass is 32.1. The van der Waals surface area contributed by atoms with E-state index in [9.17, 15) is 0 Å². The summed E-state index contributed by atoms with van der Waals surface area (Å²) in [7, 11) is 0. The Balaban J connectivity index is 3.82. The van der Waals surface area contributed by atoms with Crippen molar-refractivity contribution in [3.63, 3.8) is 0 Å². The lowest BCUT2D eigenvalue weighted by Crippen LogP contribution is -2.31. The summed E-state index contributed by atoms with van der Waals surface area (Å²) in [6.45, 7) is 0.115. The lowest BCUT2D eigenvalue weighted by Gasteiger charge is -2.25. The molecule has 0 atom stereocenters. The second-order valence-electron chi connectivity index (χ2n) is 2.13. The second-order valence-corrected chi connectivity index (χ2v) is 3.08. The summed E-state index contributed by atoms with van der Waals surface area (Å²) in [5.41, 5.74) is -0.185. The van der Waals surface area contributed by atoms with Crippen LogP contribution in [0.1, 0.15) is 0 Å². The van der Waals surface area contributed by atoms with Crippen LogP contribution in [0.3, 0.4) is 0 Å². The molecule has 0 spiro atoms. The van der Waals surface area contributed by atoms with E-state index in [2.05, 4.69) is 37.9 Å². The Morgan fingerprint density at radius 1 is 1.00 bits per heavy atom. The number of aliphatic hydroxyl groups is 1. The van der Waals surface area contributed by atoms with Crippen molar-refractivity contribution in [2.75, 3.05) is 23.9 Å². The first-order chi connectivity index (χ1) is 4.24. The van der Waals surface area contributed by atoms with Crippen LogP contribution in [0.15, 0.2) is 0 Å². The van der Waals surface area contributed by atoms with Gasteiger partial charge in [-0.2, -0.15) is 37.9 Å². The van der Waals surface area contributed by atoms with E-state index in [4.69, 9.17) is 5.11 Å². The van der Waals surface area contributed by atoms with Crippen LogP contribution in [0.2, 0.25) is 0 Å². The van der Waals surface area contributed by atoms with Crippen molar-refractivity contribution in [2.45, 2.75) is 0 Å². The maximum Gasteiger partial charge on any atom is 0.0510 e. The van der Waals surface area contributed by atoms with Gasteiger partial charge in [0.15, 0.2) is 0 Å². The Bertz CT molecular complexity index is 55.1. The van der Waals surface area contributed by atoms with Crippen molar-refractivity contribution < 1.29 is 5.11 Å². The van der Waals surface area contributed by atoms with Crippen LogP contribution in [0.25, 0.3) is 0 Å². The lowest BCUT2D eigenvalue weighted by atomic mass is 9.97. The summed E-state index contributed by atoms with van der Waals surface area (Å²) in [5.74, 6) is 1.91. The molecule has 1 nitrogen and oxygen atoms in total. The Labute approximate surface area is 72.5 Å². The van der Waals surface area contributed by atoms with Crippen LogP contribution in [0.4, 0.5) is 0 Å². The molecule has 0 saturated carbocycles. The molecule has 0 saturated heterocycles. The van der Waals surface area contributed by atoms with Crippen LogP contribution in [0, 0.1) is 5.41 Å². The molecule has 0 aromatic carbocycles. The predicted molar refractivity (Wildman–Crippen MR) is 51.1 cm³/mol. The van der Waals surface area contributed by atoms with Gasteiger partial charge in [-0.3, -0.25) is 0 Å². The third-order valence-electron chi connectivity index (χ3n) is 1.34. The molecule has 0 rings (SSSR count). The molecule has 0 aliphatic carbocycles. The van der Waals surface area contributed by atoms with E-state index >= 15 is 0 Å². The molecule has 0 bridgehead atoms. The zero-order chi connectivity index (χ0) is 7.33. The van der Waals surface area contributed by atoms with E-state index in [0.29, 0.717) is 17.3 Å². The molecule has 0 radical (unpaired) electrons. The Hall–Kier alpha value is 1.01. The normalized spacial score (nSPS) is 12.0. The molecular formula is C5H12OS3. The molecule has 0 amide bonds. The predicted octanol–water partition coefficient (Wildman–Crippen LogP) is 0.754. The molecule has 0 aliphatic rings. The topological polar surface area (TPSA) is 20.2 Å². The van der Waals surface area contributed by atoms with Crippen LogP contribution >= 0.6 is 37.9 Å². The molecule has 0 unspecified atom stereocenters. The van der Waals surface area contributed by atoms with Gasteiger partial charge in [-0.15, -0.1) is 0 Å². The fourth-order valence-corrected chi connectivity index (χ4v) is 1.80. The Morgan fingerprint density at radius 2 is 1.33 bits per heavy atom. The Morgan fingerprint density at radius 3 is 1.33 bits per heavy atom. The second kappa shape index (κ2) is 4.77. The summed E-state index contributed by atoms with van der Waals surface area (Å²) in [6, 6.07) is 0. The highest BCUT2D eigenvalue weighted by Gasteiger charge is 2.23. The maximum absolute atomic E-state index is 8.83. The quantitative estimate of drug-likeness (QED) is 0.476. The molecular weight excluding hydrogens is 172 g/mol. The minimum atomic E-state index is -0.185. The van der Waals surface area contributed by atoms with Crippen LogP contribution in [-0.4, -0.2) is 29.0 Å². The number of rotatable bonds is 4. The van der Waals surface area contributed by atoms with Crippen molar-refractivity contribution in [3.05, 3.63) is 0 Å².